The van der Waals surface area contributed by atoms with Gasteiger partial charge in [-0.15, -0.1) is 0 Å². The lowest BCUT2D eigenvalue weighted by Gasteiger charge is -2.30. The Kier molecular flexibility index (Phi) is 6.77. The lowest BCUT2D eigenvalue weighted by Crippen LogP contribution is -2.47. The smallest absolute Gasteiger partial charge is 0.413 e. The zero-order chi connectivity index (χ0) is 14.3. The summed E-state index contributed by atoms with van der Waals surface area (Å²) in [5.74, 6) is -1.05. The van der Waals surface area contributed by atoms with Crippen LogP contribution in [-0.2, 0) is 19.1 Å². The molecule has 7 nitrogen and oxygen atoms in total. The van der Waals surface area contributed by atoms with Crippen molar-refractivity contribution in [2.24, 2.45) is 0 Å². The first-order valence-electron chi connectivity index (χ1n) is 5.73. The molecule has 0 heterocycles. The first-order valence-corrected chi connectivity index (χ1v) is 5.73. The summed E-state index contributed by atoms with van der Waals surface area (Å²) in [6.45, 7) is 6.00. The number of esters is 2. The number of ether oxygens (including phenoxy) is 2. The summed E-state index contributed by atoms with van der Waals surface area (Å²) in [5, 5.41) is 9.03. The Balaban J connectivity index is 4.68. The maximum atomic E-state index is 11.1. The summed E-state index contributed by atoms with van der Waals surface area (Å²) >= 11 is 0. The van der Waals surface area contributed by atoms with Crippen molar-refractivity contribution in [3.8, 4) is 0 Å². The van der Waals surface area contributed by atoms with Gasteiger partial charge in [-0.3, -0.25) is 9.59 Å². The van der Waals surface area contributed by atoms with Crippen molar-refractivity contribution >= 4 is 18.0 Å². The number of hydrogen-bond donors (Lipinski definition) is 1. The third-order valence-electron chi connectivity index (χ3n) is 2.19. The fourth-order valence-electron chi connectivity index (χ4n) is 1.27. The maximum absolute atomic E-state index is 11.1. The maximum Gasteiger partial charge on any atom is 0.413 e. The lowest BCUT2D eigenvalue weighted by molar-refractivity contribution is -0.173. The van der Waals surface area contributed by atoms with Crippen molar-refractivity contribution in [1.82, 2.24) is 4.90 Å². The van der Waals surface area contributed by atoms with E-state index in [1.165, 1.54) is 13.8 Å². The molecule has 0 fully saturated rings. The van der Waals surface area contributed by atoms with Gasteiger partial charge in [0, 0.05) is 12.8 Å². The second-order valence-corrected chi connectivity index (χ2v) is 3.58. The molecule has 0 aromatic rings. The van der Waals surface area contributed by atoms with Crippen LogP contribution in [0.25, 0.3) is 0 Å². The molecule has 18 heavy (non-hydrogen) atoms. The van der Waals surface area contributed by atoms with E-state index in [1.54, 1.807) is 13.8 Å². The highest BCUT2D eigenvalue weighted by Crippen LogP contribution is 2.10. The molecule has 0 saturated carbocycles. The Morgan fingerprint density at radius 1 is 1.00 bits per heavy atom. The van der Waals surface area contributed by atoms with Gasteiger partial charge in [-0.05, 0) is 13.8 Å². The van der Waals surface area contributed by atoms with Crippen LogP contribution in [0.5, 0.6) is 0 Å². The molecule has 0 rings (SSSR count). The van der Waals surface area contributed by atoms with Crippen LogP contribution in [0, 0.1) is 0 Å². The van der Waals surface area contributed by atoms with Gasteiger partial charge in [-0.25, -0.2) is 9.69 Å². The molecule has 0 radical (unpaired) electrons. The molecule has 0 aromatic heterocycles. The number of carboxylic acid groups (broad SMARTS) is 1. The van der Waals surface area contributed by atoms with Gasteiger partial charge < -0.3 is 14.6 Å². The highest BCUT2D eigenvalue weighted by atomic mass is 16.6. The zero-order valence-corrected chi connectivity index (χ0v) is 11.0. The molecule has 0 spiro atoms. The van der Waals surface area contributed by atoms with E-state index in [-0.39, 0.29) is 12.8 Å². The first-order chi connectivity index (χ1) is 8.33. The molecule has 0 aliphatic carbocycles. The zero-order valence-electron chi connectivity index (χ0n) is 11.0. The van der Waals surface area contributed by atoms with Crippen LogP contribution in [-0.4, -0.2) is 40.5 Å². The van der Waals surface area contributed by atoms with Gasteiger partial charge in [0.2, 0.25) is 0 Å². The third-order valence-corrected chi connectivity index (χ3v) is 2.19. The third kappa shape index (κ3) is 5.03. The van der Waals surface area contributed by atoms with E-state index in [4.69, 9.17) is 14.6 Å². The van der Waals surface area contributed by atoms with Gasteiger partial charge in [0.25, 0.3) is 0 Å². The normalized spacial score (nSPS) is 13.3. The lowest BCUT2D eigenvalue weighted by atomic mass is 10.4. The molecular weight excluding hydrogens is 242 g/mol. The monoisotopic (exact) mass is 261 g/mol. The highest BCUT2D eigenvalue weighted by Gasteiger charge is 2.29. The number of nitrogens with zero attached hydrogens (tertiary/aromatic N) is 1. The Hall–Kier alpha value is -1.79. The van der Waals surface area contributed by atoms with Crippen LogP contribution in [0.1, 0.15) is 40.5 Å². The van der Waals surface area contributed by atoms with Crippen LogP contribution in [0.4, 0.5) is 4.79 Å². The predicted octanol–water partition coefficient (Wildman–Crippen LogP) is 1.56. The molecule has 0 aliphatic rings. The fourth-order valence-corrected chi connectivity index (χ4v) is 1.27. The number of carbonyl (C=O) groups excluding carboxylic acids is 2. The Morgan fingerprint density at radius 3 is 1.56 bits per heavy atom. The van der Waals surface area contributed by atoms with Gasteiger partial charge in [0.15, 0.2) is 12.5 Å². The fraction of sp³-hybridized carbons (Fsp3) is 0.727. The predicted molar refractivity (Wildman–Crippen MR) is 61.6 cm³/mol. The summed E-state index contributed by atoms with van der Waals surface area (Å²) in [7, 11) is 0. The number of rotatable bonds is 6. The SMILES string of the molecule is CCC(=O)OC(C)N(C(=O)O)C(C)OC(=O)CC. The summed E-state index contributed by atoms with van der Waals surface area (Å²) in [6, 6.07) is 0. The molecule has 0 aliphatic heterocycles. The molecule has 2 atom stereocenters. The van der Waals surface area contributed by atoms with Gasteiger partial charge in [-0.1, -0.05) is 13.8 Å². The Morgan fingerprint density at radius 2 is 1.33 bits per heavy atom. The van der Waals surface area contributed by atoms with Crippen LogP contribution in [0.15, 0.2) is 0 Å². The van der Waals surface area contributed by atoms with E-state index in [0.717, 1.165) is 4.90 Å². The highest BCUT2D eigenvalue weighted by molar-refractivity contribution is 5.71. The summed E-state index contributed by atoms with van der Waals surface area (Å²) in [4.78, 5) is 34.0. The van der Waals surface area contributed by atoms with Crippen LogP contribution in [0.3, 0.4) is 0 Å². The largest absolute Gasteiger partial charge is 0.465 e. The molecule has 1 amide bonds. The quantitative estimate of drug-likeness (QED) is 0.576. The molecule has 104 valence electrons. The number of carbonyl (C=O) groups is 3. The van der Waals surface area contributed by atoms with Crippen molar-refractivity contribution in [1.29, 1.82) is 0 Å². The standard InChI is InChI=1S/C11H19NO6/c1-5-9(13)17-7(3)12(11(15)16)8(4)18-10(14)6-2/h7-8H,5-6H2,1-4H3,(H,15,16). The van der Waals surface area contributed by atoms with E-state index < -0.39 is 30.5 Å². The molecule has 2 unspecified atom stereocenters. The minimum absolute atomic E-state index is 0.140. The average molecular weight is 261 g/mol. The van der Waals surface area contributed by atoms with E-state index >= 15 is 0 Å². The molecule has 0 saturated heterocycles. The average Bonchev–Trinajstić information content (AvgIpc) is 2.27. The molecular formula is C11H19NO6. The van der Waals surface area contributed by atoms with Gasteiger partial charge in [0.05, 0.1) is 0 Å². The van der Waals surface area contributed by atoms with E-state index in [9.17, 15) is 14.4 Å². The van der Waals surface area contributed by atoms with E-state index in [0.29, 0.717) is 0 Å². The van der Waals surface area contributed by atoms with Crippen LogP contribution < -0.4 is 0 Å². The van der Waals surface area contributed by atoms with E-state index in [1.807, 2.05) is 0 Å². The van der Waals surface area contributed by atoms with E-state index in [2.05, 4.69) is 0 Å². The van der Waals surface area contributed by atoms with Crippen LogP contribution >= 0.6 is 0 Å². The van der Waals surface area contributed by atoms with Gasteiger partial charge >= 0.3 is 18.0 Å². The number of amides is 1. The van der Waals surface area contributed by atoms with Crippen molar-refractivity contribution in [3.05, 3.63) is 0 Å². The Labute approximate surface area is 106 Å². The minimum atomic E-state index is -1.33. The van der Waals surface area contributed by atoms with Crippen molar-refractivity contribution < 1.29 is 29.0 Å². The summed E-state index contributed by atoms with van der Waals surface area (Å²) in [5.41, 5.74) is 0. The van der Waals surface area contributed by atoms with Gasteiger partial charge in [-0.2, -0.15) is 0 Å². The number of hydrogen-bond acceptors (Lipinski definition) is 5. The first kappa shape index (κ1) is 16.2. The van der Waals surface area contributed by atoms with Crippen LogP contribution in [0.2, 0.25) is 0 Å². The van der Waals surface area contributed by atoms with Crippen molar-refractivity contribution in [3.63, 3.8) is 0 Å². The molecule has 0 aromatic carbocycles. The second-order valence-electron chi connectivity index (χ2n) is 3.58. The summed E-state index contributed by atoms with van der Waals surface area (Å²) < 4.78 is 9.75. The van der Waals surface area contributed by atoms with Crippen molar-refractivity contribution in [2.75, 3.05) is 0 Å². The molecule has 1 N–H and O–H groups in total. The van der Waals surface area contributed by atoms with Crippen molar-refractivity contribution in [2.45, 2.75) is 53.0 Å². The topological polar surface area (TPSA) is 93.1 Å². The Bertz CT molecular complexity index is 293. The second kappa shape index (κ2) is 7.52. The van der Waals surface area contributed by atoms with Gasteiger partial charge in [0.1, 0.15) is 0 Å². The minimum Gasteiger partial charge on any atom is -0.465 e. The summed E-state index contributed by atoms with van der Waals surface area (Å²) in [6.07, 6.45) is -3.09. The molecule has 0 bridgehead atoms. The molecule has 7 heteroatoms.